The van der Waals surface area contributed by atoms with Gasteiger partial charge in [0, 0.05) is 30.2 Å². The number of Topliss-reactive ketones (excluding diaryl/α,β-unsaturated/α-hetero) is 1. The van der Waals surface area contributed by atoms with E-state index in [0.29, 0.717) is 11.3 Å². The number of carbonyl (C=O) groups is 3. The van der Waals surface area contributed by atoms with Gasteiger partial charge in [0.2, 0.25) is 5.82 Å². The molecule has 1 atom stereocenters. The Labute approximate surface area is 249 Å². The number of hydrogen-bond acceptors (Lipinski definition) is 6. The summed E-state index contributed by atoms with van der Waals surface area (Å²) >= 11 is 12.0. The van der Waals surface area contributed by atoms with Crippen molar-refractivity contribution in [1.29, 1.82) is 0 Å². The van der Waals surface area contributed by atoms with E-state index in [1.54, 1.807) is 0 Å². The Kier molecular flexibility index (Phi) is 8.86. The standard InChI is InChI=1S/C27H18Cl2F5N3O4S/c1-27(2)23(22(24(27)38)42-21-19(33)17(31)16(30)18(32)20(21)34)37-14(26(40)41)7-10-3-5-11(6-4-10)36-25(39)15-12(28)8-35-9-13(15)29/h3-6,8-9,14,37H,7H2,1-2H3,(H,36,39)(H,40,41)/t14-/m0/s1. The molecule has 0 unspecified atom stereocenters. The van der Waals surface area contributed by atoms with Crippen molar-refractivity contribution in [2.45, 2.75) is 31.2 Å². The molecule has 0 bridgehead atoms. The smallest absolute Gasteiger partial charge is 0.326 e. The van der Waals surface area contributed by atoms with Crippen molar-refractivity contribution in [2.75, 3.05) is 5.32 Å². The quantitative estimate of drug-likeness (QED) is 0.138. The van der Waals surface area contributed by atoms with Gasteiger partial charge in [-0.2, -0.15) is 0 Å². The number of aliphatic carboxylic acids is 1. The third-order valence-corrected chi connectivity index (χ3v) is 8.08. The fourth-order valence-corrected chi connectivity index (χ4v) is 5.87. The molecule has 0 aliphatic heterocycles. The number of carboxylic acids is 1. The van der Waals surface area contributed by atoms with E-state index in [1.165, 1.54) is 50.5 Å². The monoisotopic (exact) mass is 645 g/mol. The number of rotatable bonds is 9. The van der Waals surface area contributed by atoms with Gasteiger partial charge in [0.05, 0.1) is 30.8 Å². The van der Waals surface area contributed by atoms with Crippen molar-refractivity contribution in [2.24, 2.45) is 5.41 Å². The number of thioether (sulfide) groups is 1. The summed E-state index contributed by atoms with van der Waals surface area (Å²) in [5, 5.41) is 15.2. The minimum Gasteiger partial charge on any atom is -0.480 e. The van der Waals surface area contributed by atoms with Crippen LogP contribution in [0.1, 0.15) is 29.8 Å². The lowest BCUT2D eigenvalue weighted by molar-refractivity contribution is -0.139. The fourth-order valence-electron chi connectivity index (χ4n) is 4.01. The number of carboxylic acid groups (broad SMARTS) is 1. The zero-order valence-corrected chi connectivity index (χ0v) is 23.8. The SMILES string of the molecule is CC1(C)C(=O)C(Sc2c(F)c(F)c(F)c(F)c2F)=C1N[C@@H](Cc1ccc(NC(=O)c2c(Cl)cncc2Cl)cc1)C(=O)O. The van der Waals surface area contributed by atoms with Gasteiger partial charge in [-0.15, -0.1) is 0 Å². The molecule has 0 saturated heterocycles. The van der Waals surface area contributed by atoms with Crippen LogP contribution in [0.2, 0.25) is 10.0 Å². The number of allylic oxidation sites excluding steroid dienone is 2. The highest BCUT2D eigenvalue weighted by Crippen LogP contribution is 2.49. The number of benzene rings is 2. The van der Waals surface area contributed by atoms with E-state index >= 15 is 0 Å². The number of aromatic nitrogens is 1. The molecule has 7 nitrogen and oxygen atoms in total. The summed E-state index contributed by atoms with van der Waals surface area (Å²) in [5.41, 5.74) is -0.542. The summed E-state index contributed by atoms with van der Waals surface area (Å²) in [6, 6.07) is 4.68. The van der Waals surface area contributed by atoms with Crippen molar-refractivity contribution >= 4 is 58.3 Å². The first-order valence-electron chi connectivity index (χ1n) is 11.8. The molecule has 0 fully saturated rings. The Morgan fingerprint density at radius 1 is 0.952 bits per heavy atom. The number of carbonyl (C=O) groups excluding carboxylic acids is 2. The molecule has 3 aromatic rings. The Bertz CT molecular complexity index is 1620. The summed E-state index contributed by atoms with van der Waals surface area (Å²) in [6.45, 7) is 2.83. The molecule has 3 N–H and O–H groups in total. The Hall–Kier alpha value is -3.68. The predicted molar refractivity (Wildman–Crippen MR) is 145 cm³/mol. The molecule has 4 rings (SSSR count). The van der Waals surface area contributed by atoms with Crippen LogP contribution in [0.4, 0.5) is 27.6 Å². The van der Waals surface area contributed by atoms with Crippen molar-refractivity contribution in [3.63, 3.8) is 0 Å². The van der Waals surface area contributed by atoms with E-state index in [0.717, 1.165) is 0 Å². The highest BCUT2D eigenvalue weighted by atomic mass is 35.5. The normalized spacial score (nSPS) is 14.8. The molecule has 0 spiro atoms. The highest BCUT2D eigenvalue weighted by molar-refractivity contribution is 8.04. The number of amides is 1. The maximum absolute atomic E-state index is 14.3. The second-order valence-corrected chi connectivity index (χ2v) is 11.4. The van der Waals surface area contributed by atoms with E-state index < -0.39 is 63.1 Å². The van der Waals surface area contributed by atoms with Crippen LogP contribution < -0.4 is 10.6 Å². The topological polar surface area (TPSA) is 108 Å². The molecule has 0 saturated carbocycles. The van der Waals surface area contributed by atoms with Gasteiger partial charge in [0.25, 0.3) is 5.91 Å². The van der Waals surface area contributed by atoms with E-state index in [-0.39, 0.29) is 44.4 Å². The molecule has 1 heterocycles. The van der Waals surface area contributed by atoms with E-state index in [1.807, 2.05) is 0 Å². The average molecular weight is 646 g/mol. The zero-order valence-electron chi connectivity index (χ0n) is 21.4. The molecule has 1 amide bonds. The Balaban J connectivity index is 1.55. The van der Waals surface area contributed by atoms with Gasteiger partial charge in [-0.25, -0.2) is 26.7 Å². The van der Waals surface area contributed by atoms with Gasteiger partial charge in [-0.05, 0) is 31.5 Å². The van der Waals surface area contributed by atoms with Gasteiger partial charge >= 0.3 is 5.97 Å². The molecule has 2 aromatic carbocycles. The van der Waals surface area contributed by atoms with Crippen LogP contribution in [-0.4, -0.2) is 33.8 Å². The molecule has 42 heavy (non-hydrogen) atoms. The fraction of sp³-hybridized carbons (Fsp3) is 0.185. The minimum atomic E-state index is -2.34. The van der Waals surface area contributed by atoms with Crippen LogP contribution >= 0.6 is 35.0 Å². The first kappa shape index (κ1) is 31.3. The van der Waals surface area contributed by atoms with Gasteiger partial charge in [0.1, 0.15) is 6.04 Å². The summed E-state index contributed by atoms with van der Waals surface area (Å²) in [6.07, 6.45) is 2.36. The Morgan fingerprint density at radius 3 is 2.00 bits per heavy atom. The van der Waals surface area contributed by atoms with Crippen LogP contribution in [-0.2, 0) is 16.0 Å². The second kappa shape index (κ2) is 11.9. The summed E-state index contributed by atoms with van der Waals surface area (Å²) < 4.78 is 69.4. The van der Waals surface area contributed by atoms with Crippen LogP contribution in [0.15, 0.2) is 52.2 Å². The number of hydrogen-bond donors (Lipinski definition) is 3. The van der Waals surface area contributed by atoms with Gasteiger partial charge in [-0.3, -0.25) is 14.6 Å². The average Bonchev–Trinajstić information content (AvgIpc) is 2.94. The number of anilines is 1. The van der Waals surface area contributed by atoms with Crippen LogP contribution in [0.25, 0.3) is 0 Å². The number of halogens is 7. The maximum atomic E-state index is 14.3. The minimum absolute atomic E-state index is 0.0121. The molecule has 220 valence electrons. The second-order valence-electron chi connectivity index (χ2n) is 9.53. The molecular formula is C27H18Cl2F5N3O4S. The number of nitrogens with one attached hydrogen (secondary N) is 2. The number of nitrogens with zero attached hydrogens (tertiary/aromatic N) is 1. The van der Waals surface area contributed by atoms with Crippen molar-refractivity contribution in [3.05, 3.63) is 97.5 Å². The molecule has 15 heteroatoms. The van der Waals surface area contributed by atoms with Crippen molar-refractivity contribution < 1.29 is 41.4 Å². The molecule has 1 aliphatic rings. The van der Waals surface area contributed by atoms with Gasteiger partial charge in [0.15, 0.2) is 29.1 Å². The van der Waals surface area contributed by atoms with E-state index in [4.69, 9.17) is 23.2 Å². The van der Waals surface area contributed by atoms with Crippen molar-refractivity contribution in [3.8, 4) is 0 Å². The number of pyridine rings is 1. The lowest BCUT2D eigenvalue weighted by Crippen LogP contribution is -2.50. The lowest BCUT2D eigenvalue weighted by Gasteiger charge is -2.40. The molecule has 1 aromatic heterocycles. The molecule has 0 radical (unpaired) electrons. The summed E-state index contributed by atoms with van der Waals surface area (Å²) in [7, 11) is 0. The van der Waals surface area contributed by atoms with Crippen LogP contribution in [0.3, 0.4) is 0 Å². The van der Waals surface area contributed by atoms with Crippen LogP contribution in [0, 0.1) is 34.5 Å². The van der Waals surface area contributed by atoms with Crippen LogP contribution in [0.5, 0.6) is 0 Å². The van der Waals surface area contributed by atoms with E-state index in [9.17, 15) is 41.4 Å². The Morgan fingerprint density at radius 2 is 1.48 bits per heavy atom. The van der Waals surface area contributed by atoms with Crippen molar-refractivity contribution in [1.82, 2.24) is 10.3 Å². The zero-order chi connectivity index (χ0) is 31.1. The largest absolute Gasteiger partial charge is 0.480 e. The number of ketones is 1. The van der Waals surface area contributed by atoms with E-state index in [2.05, 4.69) is 15.6 Å². The third kappa shape index (κ3) is 5.81. The first-order chi connectivity index (χ1) is 19.6. The third-order valence-electron chi connectivity index (χ3n) is 6.35. The lowest BCUT2D eigenvalue weighted by atomic mass is 9.74. The molecular weight excluding hydrogens is 628 g/mol. The van der Waals surface area contributed by atoms with Gasteiger partial charge in [-0.1, -0.05) is 47.1 Å². The highest BCUT2D eigenvalue weighted by Gasteiger charge is 2.49. The summed E-state index contributed by atoms with van der Waals surface area (Å²) in [4.78, 5) is 39.5. The first-order valence-corrected chi connectivity index (χ1v) is 13.4. The summed E-state index contributed by atoms with van der Waals surface area (Å²) in [5.74, 6) is -13.6. The predicted octanol–water partition coefficient (Wildman–Crippen LogP) is 6.53. The molecule has 1 aliphatic carbocycles. The maximum Gasteiger partial charge on any atom is 0.326 e. The van der Waals surface area contributed by atoms with Gasteiger partial charge < -0.3 is 15.7 Å².